The van der Waals surface area contributed by atoms with Crippen molar-refractivity contribution in [1.82, 2.24) is 0 Å². The van der Waals surface area contributed by atoms with Gasteiger partial charge in [-0.3, -0.25) is 4.99 Å². The summed E-state index contributed by atoms with van der Waals surface area (Å²) < 4.78 is 5.66. The molecule has 14 heavy (non-hydrogen) atoms. The first-order valence-electron chi connectivity index (χ1n) is 4.46. The minimum absolute atomic E-state index is 0.255. The van der Waals surface area contributed by atoms with Gasteiger partial charge in [0.1, 0.15) is 11.4 Å². The number of benzene rings is 1. The van der Waals surface area contributed by atoms with Crippen LogP contribution in [0, 0.1) is 0 Å². The number of ether oxygens (including phenoxy) is 1. The fraction of sp³-hybridized carbons (Fsp3) is 0.0909. The molecule has 0 aliphatic carbocycles. The molecule has 0 saturated heterocycles. The van der Waals surface area contributed by atoms with Crippen LogP contribution in [0.1, 0.15) is 5.56 Å². The molecule has 68 valence electrons. The fourth-order valence-electron chi connectivity index (χ4n) is 1.56. The Kier molecular flexibility index (Phi) is 1.50. The molecule has 0 spiro atoms. The van der Waals surface area contributed by atoms with E-state index in [2.05, 4.69) is 9.98 Å². The van der Waals surface area contributed by atoms with E-state index in [1.807, 2.05) is 30.3 Å². The van der Waals surface area contributed by atoms with Crippen molar-refractivity contribution < 1.29 is 4.74 Å². The Hall–Kier alpha value is -1.90. The van der Waals surface area contributed by atoms with Crippen molar-refractivity contribution in [2.45, 2.75) is 6.23 Å². The van der Waals surface area contributed by atoms with Gasteiger partial charge in [-0.1, -0.05) is 18.2 Å². The molecular weight excluding hydrogens is 176 g/mol. The average molecular weight is 184 g/mol. The number of hydrogen-bond donors (Lipinski definition) is 0. The molecule has 1 aromatic rings. The molecule has 2 aliphatic heterocycles. The highest BCUT2D eigenvalue weighted by molar-refractivity contribution is 6.17. The van der Waals surface area contributed by atoms with Crippen LogP contribution in [0.5, 0.6) is 5.75 Å². The zero-order valence-corrected chi connectivity index (χ0v) is 7.42. The van der Waals surface area contributed by atoms with Crippen LogP contribution in [-0.4, -0.2) is 18.7 Å². The molecule has 2 aliphatic rings. The van der Waals surface area contributed by atoms with Crippen molar-refractivity contribution >= 4 is 18.5 Å². The maximum Gasteiger partial charge on any atom is 0.232 e. The van der Waals surface area contributed by atoms with Gasteiger partial charge in [-0.15, -0.1) is 0 Å². The van der Waals surface area contributed by atoms with Crippen LogP contribution in [0.4, 0.5) is 0 Å². The Morgan fingerprint density at radius 1 is 1.14 bits per heavy atom. The van der Waals surface area contributed by atoms with Crippen LogP contribution < -0.4 is 4.74 Å². The molecule has 1 atom stereocenters. The molecule has 3 heteroatoms. The molecule has 3 rings (SSSR count). The second kappa shape index (κ2) is 2.80. The van der Waals surface area contributed by atoms with Gasteiger partial charge < -0.3 is 4.74 Å². The van der Waals surface area contributed by atoms with Crippen LogP contribution in [-0.2, 0) is 0 Å². The summed E-state index contributed by atoms with van der Waals surface area (Å²) in [5.74, 6) is 0.871. The van der Waals surface area contributed by atoms with E-state index < -0.39 is 0 Å². The van der Waals surface area contributed by atoms with Gasteiger partial charge in [0.25, 0.3) is 0 Å². The summed E-state index contributed by atoms with van der Waals surface area (Å²) in [4.78, 5) is 8.40. The summed E-state index contributed by atoms with van der Waals surface area (Å²) in [7, 11) is 0. The predicted molar refractivity (Wildman–Crippen MR) is 55.8 cm³/mol. The van der Waals surface area contributed by atoms with Crippen LogP contribution in [0.25, 0.3) is 6.08 Å². The van der Waals surface area contributed by atoms with Crippen LogP contribution >= 0.6 is 0 Å². The quantitative estimate of drug-likeness (QED) is 0.606. The van der Waals surface area contributed by atoms with Crippen LogP contribution in [0.3, 0.4) is 0 Å². The molecule has 0 saturated carbocycles. The Morgan fingerprint density at radius 3 is 3.07 bits per heavy atom. The molecule has 1 unspecified atom stereocenters. The lowest BCUT2D eigenvalue weighted by molar-refractivity contribution is 0.242. The Labute approximate surface area is 81.5 Å². The Balaban J connectivity index is 2.13. The van der Waals surface area contributed by atoms with Gasteiger partial charge in [0.15, 0.2) is 0 Å². The Morgan fingerprint density at radius 2 is 2.07 bits per heavy atom. The standard InChI is InChI=1S/C11H8N2O/c1-2-4-10-8(3-1)7-9-11(14-10)13-6-5-12-9/h1-7,11H. The topological polar surface area (TPSA) is 34.0 Å². The summed E-state index contributed by atoms with van der Waals surface area (Å²) in [6.45, 7) is 0. The second-order valence-corrected chi connectivity index (χ2v) is 3.15. The van der Waals surface area contributed by atoms with E-state index in [1.54, 1.807) is 12.4 Å². The van der Waals surface area contributed by atoms with E-state index in [9.17, 15) is 0 Å². The zero-order chi connectivity index (χ0) is 9.38. The average Bonchev–Trinajstić information content (AvgIpc) is 2.26. The normalized spacial score (nSPS) is 22.0. The van der Waals surface area contributed by atoms with E-state index in [4.69, 9.17) is 4.74 Å². The number of para-hydroxylation sites is 1. The van der Waals surface area contributed by atoms with Crippen LogP contribution in [0.15, 0.2) is 39.9 Å². The minimum atomic E-state index is -0.255. The highest BCUT2D eigenvalue weighted by Crippen LogP contribution is 2.30. The number of nitrogens with zero attached hydrogens (tertiary/aromatic N) is 2. The van der Waals surface area contributed by atoms with Crippen molar-refractivity contribution in [3.8, 4) is 5.75 Å². The molecule has 0 bridgehead atoms. The van der Waals surface area contributed by atoms with E-state index in [0.29, 0.717) is 0 Å². The lowest BCUT2D eigenvalue weighted by atomic mass is 10.1. The van der Waals surface area contributed by atoms with Gasteiger partial charge in [0, 0.05) is 18.0 Å². The van der Waals surface area contributed by atoms with Crippen molar-refractivity contribution in [2.75, 3.05) is 0 Å². The molecular formula is C11H8N2O. The Bertz CT molecular complexity index is 460. The molecule has 2 heterocycles. The maximum absolute atomic E-state index is 5.66. The summed E-state index contributed by atoms with van der Waals surface area (Å²) >= 11 is 0. The van der Waals surface area contributed by atoms with Crippen molar-refractivity contribution in [1.29, 1.82) is 0 Å². The number of aliphatic imine (C=N–C) groups is 2. The summed E-state index contributed by atoms with van der Waals surface area (Å²) in [6, 6.07) is 7.88. The molecule has 3 nitrogen and oxygen atoms in total. The highest BCUT2D eigenvalue weighted by Gasteiger charge is 2.21. The zero-order valence-electron chi connectivity index (χ0n) is 7.42. The lowest BCUT2D eigenvalue weighted by Gasteiger charge is -2.23. The minimum Gasteiger partial charge on any atom is -0.462 e. The first-order valence-corrected chi connectivity index (χ1v) is 4.46. The van der Waals surface area contributed by atoms with Gasteiger partial charge in [-0.2, -0.15) is 0 Å². The summed E-state index contributed by atoms with van der Waals surface area (Å²) in [5.41, 5.74) is 1.93. The third-order valence-corrected chi connectivity index (χ3v) is 2.23. The predicted octanol–water partition coefficient (Wildman–Crippen LogP) is 1.90. The lowest BCUT2D eigenvalue weighted by Crippen LogP contribution is -2.22. The third kappa shape index (κ3) is 1.06. The van der Waals surface area contributed by atoms with Crippen molar-refractivity contribution in [3.05, 3.63) is 35.5 Å². The van der Waals surface area contributed by atoms with Gasteiger partial charge >= 0.3 is 0 Å². The van der Waals surface area contributed by atoms with Gasteiger partial charge in [0.05, 0.1) is 0 Å². The maximum atomic E-state index is 5.66. The number of rotatable bonds is 0. The van der Waals surface area contributed by atoms with E-state index in [0.717, 1.165) is 17.0 Å². The molecule has 0 N–H and O–H groups in total. The number of fused-ring (bicyclic) bond motifs is 2. The van der Waals surface area contributed by atoms with Crippen molar-refractivity contribution in [3.63, 3.8) is 0 Å². The molecule has 0 aromatic heterocycles. The second-order valence-electron chi connectivity index (χ2n) is 3.15. The van der Waals surface area contributed by atoms with Gasteiger partial charge in [-0.05, 0) is 12.1 Å². The third-order valence-electron chi connectivity index (χ3n) is 2.23. The van der Waals surface area contributed by atoms with Crippen LogP contribution in [0.2, 0.25) is 0 Å². The highest BCUT2D eigenvalue weighted by atomic mass is 16.5. The molecule has 0 radical (unpaired) electrons. The number of hydrogen-bond acceptors (Lipinski definition) is 3. The van der Waals surface area contributed by atoms with Gasteiger partial charge in [0.2, 0.25) is 6.23 Å². The van der Waals surface area contributed by atoms with Crippen molar-refractivity contribution in [2.24, 2.45) is 9.98 Å². The first kappa shape index (κ1) is 7.50. The smallest absolute Gasteiger partial charge is 0.232 e. The first-order chi connectivity index (χ1) is 6.93. The summed E-state index contributed by atoms with van der Waals surface area (Å²) in [6.07, 6.45) is 5.10. The van der Waals surface area contributed by atoms with Gasteiger partial charge in [-0.25, -0.2) is 4.99 Å². The summed E-state index contributed by atoms with van der Waals surface area (Å²) in [5, 5.41) is 0. The molecule has 0 amide bonds. The van der Waals surface area contributed by atoms with E-state index >= 15 is 0 Å². The SMILES string of the molecule is C1=NC2=Cc3ccccc3OC2N=C1. The monoisotopic (exact) mass is 184 g/mol. The largest absolute Gasteiger partial charge is 0.462 e. The van der Waals surface area contributed by atoms with E-state index in [-0.39, 0.29) is 6.23 Å². The fourth-order valence-corrected chi connectivity index (χ4v) is 1.56. The molecule has 1 aromatic carbocycles. The molecule has 0 fully saturated rings. The van der Waals surface area contributed by atoms with E-state index in [1.165, 1.54) is 0 Å².